The third-order valence-electron chi connectivity index (χ3n) is 6.01. The van der Waals surface area contributed by atoms with Gasteiger partial charge in [0.05, 0.1) is 16.4 Å². The SMILES string of the molecule is O=C(Nc1ccc(N2C(=O)Cc3cc(N4CCCC4)ccc3C2=O)cc1)NS(=O)(=O)c1ccc(Cl)s1. The zero-order valence-electron chi connectivity index (χ0n) is 18.9. The summed E-state index contributed by atoms with van der Waals surface area (Å²) in [5.74, 6) is -0.751. The Hall–Kier alpha value is -3.41. The van der Waals surface area contributed by atoms with Gasteiger partial charge in [0.15, 0.2) is 0 Å². The van der Waals surface area contributed by atoms with Crippen molar-refractivity contribution >= 4 is 67.9 Å². The van der Waals surface area contributed by atoms with E-state index in [-0.39, 0.29) is 26.6 Å². The molecule has 0 aliphatic carbocycles. The maximum atomic E-state index is 13.2. The van der Waals surface area contributed by atoms with Crippen molar-refractivity contribution in [2.75, 3.05) is 28.2 Å². The molecule has 2 N–H and O–H groups in total. The van der Waals surface area contributed by atoms with E-state index in [9.17, 15) is 22.8 Å². The molecular formula is C24H21ClN4O5S2. The third kappa shape index (κ3) is 4.81. The molecule has 0 saturated carbocycles. The molecule has 4 amide bonds. The summed E-state index contributed by atoms with van der Waals surface area (Å²) in [6.07, 6.45) is 2.37. The number of thiophene rings is 1. The van der Waals surface area contributed by atoms with Crippen LogP contribution in [0.5, 0.6) is 0 Å². The predicted octanol–water partition coefficient (Wildman–Crippen LogP) is 4.24. The molecule has 0 bridgehead atoms. The van der Waals surface area contributed by atoms with E-state index in [0.717, 1.165) is 47.9 Å². The molecule has 5 rings (SSSR count). The topological polar surface area (TPSA) is 116 Å². The molecule has 2 aliphatic rings. The van der Waals surface area contributed by atoms with Crippen LogP contribution in [0.2, 0.25) is 4.34 Å². The number of amides is 4. The number of fused-ring (bicyclic) bond motifs is 1. The summed E-state index contributed by atoms with van der Waals surface area (Å²) in [7, 11) is -4.06. The van der Waals surface area contributed by atoms with E-state index in [1.807, 2.05) is 16.9 Å². The Morgan fingerprint density at radius 3 is 2.31 bits per heavy atom. The van der Waals surface area contributed by atoms with Crippen molar-refractivity contribution in [1.82, 2.24) is 4.72 Å². The average Bonchev–Trinajstić information content (AvgIpc) is 3.52. The Bertz CT molecular complexity index is 1460. The lowest BCUT2D eigenvalue weighted by molar-refractivity contribution is -0.117. The highest BCUT2D eigenvalue weighted by molar-refractivity contribution is 7.92. The van der Waals surface area contributed by atoms with E-state index in [2.05, 4.69) is 10.2 Å². The van der Waals surface area contributed by atoms with Crippen LogP contribution in [-0.2, 0) is 21.2 Å². The van der Waals surface area contributed by atoms with Gasteiger partial charge < -0.3 is 10.2 Å². The molecule has 2 aliphatic heterocycles. The summed E-state index contributed by atoms with van der Waals surface area (Å²) in [6, 6.07) is 13.4. The summed E-state index contributed by atoms with van der Waals surface area (Å²) in [5.41, 5.74) is 2.86. The van der Waals surface area contributed by atoms with Crippen LogP contribution in [0.4, 0.5) is 21.9 Å². The Morgan fingerprint density at radius 1 is 0.944 bits per heavy atom. The van der Waals surface area contributed by atoms with Crippen molar-refractivity contribution in [2.24, 2.45) is 0 Å². The van der Waals surface area contributed by atoms with Gasteiger partial charge in [-0.15, -0.1) is 11.3 Å². The molecule has 0 unspecified atom stereocenters. The van der Waals surface area contributed by atoms with Crippen LogP contribution in [-0.4, -0.2) is 39.4 Å². The molecule has 3 heterocycles. The fourth-order valence-electron chi connectivity index (χ4n) is 4.31. The number of nitrogens with one attached hydrogen (secondary N) is 2. The molecule has 12 heteroatoms. The largest absolute Gasteiger partial charge is 0.372 e. The van der Waals surface area contributed by atoms with Crippen molar-refractivity contribution in [3.8, 4) is 0 Å². The third-order valence-corrected chi connectivity index (χ3v) is 9.06. The van der Waals surface area contributed by atoms with Crippen LogP contribution in [0.15, 0.2) is 58.8 Å². The van der Waals surface area contributed by atoms with Crippen LogP contribution in [0.3, 0.4) is 0 Å². The molecule has 2 aromatic carbocycles. The van der Waals surface area contributed by atoms with E-state index in [0.29, 0.717) is 16.8 Å². The Labute approximate surface area is 216 Å². The summed E-state index contributed by atoms with van der Waals surface area (Å²) in [4.78, 5) is 41.6. The van der Waals surface area contributed by atoms with E-state index in [4.69, 9.17) is 11.6 Å². The van der Waals surface area contributed by atoms with E-state index in [1.54, 1.807) is 6.07 Å². The number of hydrogen-bond acceptors (Lipinski definition) is 7. The second-order valence-corrected chi connectivity index (χ2v) is 12.0. The van der Waals surface area contributed by atoms with Gasteiger partial charge in [-0.05, 0) is 73.0 Å². The van der Waals surface area contributed by atoms with Crippen LogP contribution in [0.25, 0.3) is 0 Å². The monoisotopic (exact) mass is 544 g/mol. The minimum atomic E-state index is -4.06. The quantitative estimate of drug-likeness (QED) is 0.464. The molecule has 186 valence electrons. The molecule has 1 aromatic heterocycles. The van der Waals surface area contributed by atoms with Gasteiger partial charge in [-0.2, -0.15) is 0 Å². The van der Waals surface area contributed by atoms with Gasteiger partial charge in [0.1, 0.15) is 4.21 Å². The van der Waals surface area contributed by atoms with Gasteiger partial charge in [-0.1, -0.05) is 11.6 Å². The highest BCUT2D eigenvalue weighted by Gasteiger charge is 2.32. The molecule has 1 saturated heterocycles. The zero-order chi connectivity index (χ0) is 25.4. The fraction of sp³-hybridized carbons (Fsp3) is 0.208. The zero-order valence-corrected chi connectivity index (χ0v) is 21.3. The minimum Gasteiger partial charge on any atom is -0.372 e. The number of rotatable bonds is 5. The lowest BCUT2D eigenvalue weighted by Gasteiger charge is -2.28. The number of urea groups is 1. The fourth-order valence-corrected chi connectivity index (χ4v) is 6.70. The van der Waals surface area contributed by atoms with Crippen molar-refractivity contribution < 1.29 is 22.8 Å². The van der Waals surface area contributed by atoms with Crippen molar-refractivity contribution in [1.29, 1.82) is 0 Å². The Balaban J connectivity index is 1.28. The Morgan fingerprint density at radius 2 is 1.64 bits per heavy atom. The van der Waals surface area contributed by atoms with Crippen LogP contribution >= 0.6 is 22.9 Å². The first-order valence-electron chi connectivity index (χ1n) is 11.2. The molecular weight excluding hydrogens is 524 g/mol. The number of benzene rings is 2. The number of carbonyl (C=O) groups excluding carboxylic acids is 3. The van der Waals surface area contributed by atoms with E-state index < -0.39 is 22.0 Å². The molecule has 3 aromatic rings. The molecule has 36 heavy (non-hydrogen) atoms. The first-order chi connectivity index (χ1) is 17.2. The van der Waals surface area contributed by atoms with E-state index >= 15 is 0 Å². The minimum absolute atomic E-state index is 0.0899. The second kappa shape index (κ2) is 9.57. The number of carbonyl (C=O) groups is 3. The predicted molar refractivity (Wildman–Crippen MR) is 139 cm³/mol. The molecule has 9 nitrogen and oxygen atoms in total. The number of hydrogen-bond donors (Lipinski definition) is 2. The van der Waals surface area contributed by atoms with E-state index in [1.165, 1.54) is 36.4 Å². The summed E-state index contributed by atoms with van der Waals surface area (Å²) >= 11 is 6.59. The summed E-state index contributed by atoms with van der Waals surface area (Å²) in [5, 5.41) is 2.43. The van der Waals surface area contributed by atoms with Crippen LogP contribution in [0, 0.1) is 0 Å². The van der Waals surface area contributed by atoms with Crippen LogP contribution < -0.4 is 19.8 Å². The van der Waals surface area contributed by atoms with Crippen molar-refractivity contribution in [3.05, 3.63) is 70.1 Å². The number of anilines is 3. The summed E-state index contributed by atoms with van der Waals surface area (Å²) in [6.45, 7) is 1.94. The molecule has 0 radical (unpaired) electrons. The van der Waals surface area contributed by atoms with Gasteiger partial charge in [-0.3, -0.25) is 9.59 Å². The first kappa shape index (κ1) is 24.3. The maximum absolute atomic E-state index is 13.2. The highest BCUT2D eigenvalue weighted by atomic mass is 35.5. The van der Waals surface area contributed by atoms with Gasteiger partial charge in [0.2, 0.25) is 5.91 Å². The lowest BCUT2D eigenvalue weighted by Crippen LogP contribution is -2.42. The highest BCUT2D eigenvalue weighted by Crippen LogP contribution is 2.30. The standard InChI is InChI=1S/C24H21ClN4O5S2/c25-20-9-10-22(35-20)36(33,34)27-24(32)26-16-3-5-17(6-4-16)29-21(30)14-15-13-18(28-11-1-2-12-28)7-8-19(15)23(29)31/h3-10,13H,1-2,11-12,14H2,(H2,26,27,32). The summed E-state index contributed by atoms with van der Waals surface area (Å²) < 4.78 is 26.6. The van der Waals surface area contributed by atoms with Gasteiger partial charge in [0, 0.05) is 30.0 Å². The number of nitrogens with zero attached hydrogens (tertiary/aromatic N) is 2. The van der Waals surface area contributed by atoms with Crippen molar-refractivity contribution in [3.63, 3.8) is 0 Å². The molecule has 1 fully saturated rings. The second-order valence-electron chi connectivity index (χ2n) is 8.41. The maximum Gasteiger partial charge on any atom is 0.333 e. The number of sulfonamides is 1. The normalized spacial score (nSPS) is 15.7. The number of imide groups is 1. The van der Waals surface area contributed by atoms with Crippen LogP contribution in [0.1, 0.15) is 28.8 Å². The van der Waals surface area contributed by atoms with Gasteiger partial charge in [0.25, 0.3) is 15.9 Å². The molecule has 0 atom stereocenters. The van der Waals surface area contributed by atoms with Crippen molar-refractivity contribution in [2.45, 2.75) is 23.5 Å². The molecule has 0 spiro atoms. The lowest BCUT2D eigenvalue weighted by atomic mass is 9.97. The van der Waals surface area contributed by atoms with Gasteiger partial charge >= 0.3 is 6.03 Å². The van der Waals surface area contributed by atoms with Gasteiger partial charge in [-0.25, -0.2) is 22.8 Å². The average molecular weight is 545 g/mol. The Kier molecular flexibility index (Phi) is 6.45. The number of halogens is 1. The smallest absolute Gasteiger partial charge is 0.333 e. The first-order valence-corrected chi connectivity index (χ1v) is 13.8.